The number of rotatable bonds is 1. The van der Waals surface area contributed by atoms with Gasteiger partial charge in [0.2, 0.25) is 0 Å². The summed E-state index contributed by atoms with van der Waals surface area (Å²) in [5, 5.41) is 9.70. The Bertz CT molecular complexity index is 579. The molecule has 0 bridgehead atoms. The molecule has 2 heteroatoms. The number of phenolic OH excluding ortho intramolecular Hbond substituents is 1. The fourth-order valence-electron chi connectivity index (χ4n) is 5.83. The maximum Gasteiger partial charge on any atom is 0.123 e. The van der Waals surface area contributed by atoms with Crippen LogP contribution in [-0.4, -0.2) is 11.4 Å². The number of benzene rings is 1. The zero-order valence-corrected chi connectivity index (χ0v) is 14.7. The van der Waals surface area contributed by atoms with Gasteiger partial charge in [-0.1, -0.05) is 26.8 Å². The van der Waals surface area contributed by atoms with Crippen molar-refractivity contribution in [2.45, 2.75) is 65.2 Å². The molecule has 2 fully saturated rings. The lowest BCUT2D eigenvalue weighted by Gasteiger charge is -2.50. The van der Waals surface area contributed by atoms with E-state index in [9.17, 15) is 9.90 Å². The van der Waals surface area contributed by atoms with E-state index in [1.54, 1.807) is 0 Å². The third kappa shape index (κ3) is 2.51. The van der Waals surface area contributed by atoms with Crippen molar-refractivity contribution in [2.24, 2.45) is 23.2 Å². The Hall–Kier alpha value is -1.31. The highest BCUT2D eigenvalue weighted by molar-refractivity contribution is 5.56. The molecule has 0 aromatic heterocycles. The van der Waals surface area contributed by atoms with Gasteiger partial charge in [0.15, 0.2) is 0 Å². The first kappa shape index (κ1) is 16.5. The lowest BCUT2D eigenvalue weighted by Crippen LogP contribution is -2.42. The van der Waals surface area contributed by atoms with Gasteiger partial charge < -0.3 is 9.90 Å². The van der Waals surface area contributed by atoms with Gasteiger partial charge in [-0.05, 0) is 85.0 Å². The van der Waals surface area contributed by atoms with Crippen LogP contribution < -0.4 is 0 Å². The number of hydrogen-bond acceptors (Lipinski definition) is 2. The number of carbonyl (C=O) groups is 1. The third-order valence-corrected chi connectivity index (χ3v) is 6.95. The van der Waals surface area contributed by atoms with Crippen LogP contribution in [0.5, 0.6) is 5.75 Å². The maximum absolute atomic E-state index is 11.4. The quantitative estimate of drug-likeness (QED) is 0.733. The Morgan fingerprint density at radius 2 is 1.96 bits per heavy atom. The average molecular weight is 314 g/mol. The van der Waals surface area contributed by atoms with E-state index in [0.29, 0.717) is 17.6 Å². The van der Waals surface area contributed by atoms with Crippen molar-refractivity contribution in [2.75, 3.05) is 0 Å². The first-order valence-corrected chi connectivity index (χ1v) is 9.40. The number of phenols is 1. The van der Waals surface area contributed by atoms with Gasteiger partial charge in [-0.15, -0.1) is 0 Å². The summed E-state index contributed by atoms with van der Waals surface area (Å²) >= 11 is 0. The Labute approximate surface area is 140 Å². The van der Waals surface area contributed by atoms with Gasteiger partial charge in [-0.3, -0.25) is 0 Å². The van der Waals surface area contributed by atoms with Crippen molar-refractivity contribution < 1.29 is 9.90 Å². The van der Waals surface area contributed by atoms with Crippen LogP contribution in [0.1, 0.15) is 69.9 Å². The highest BCUT2D eigenvalue weighted by Crippen LogP contribution is 2.62. The summed E-state index contributed by atoms with van der Waals surface area (Å²) in [5.74, 6) is 2.79. The maximum atomic E-state index is 11.4. The number of hydrogen-bond donors (Lipinski definition) is 1. The van der Waals surface area contributed by atoms with Crippen molar-refractivity contribution in [3.05, 3.63) is 29.3 Å². The summed E-state index contributed by atoms with van der Waals surface area (Å²) in [6.07, 6.45) is 8.26. The van der Waals surface area contributed by atoms with Crippen LogP contribution in [0.4, 0.5) is 0 Å². The molecule has 0 aliphatic heterocycles. The van der Waals surface area contributed by atoms with Crippen molar-refractivity contribution in [3.8, 4) is 5.75 Å². The molecule has 2 saturated carbocycles. The molecule has 4 rings (SSSR count). The molecule has 1 aromatic rings. The smallest absolute Gasteiger partial charge is 0.123 e. The zero-order valence-electron chi connectivity index (χ0n) is 14.7. The van der Waals surface area contributed by atoms with Crippen LogP contribution in [0.2, 0.25) is 0 Å². The van der Waals surface area contributed by atoms with Gasteiger partial charge in [0.25, 0.3) is 0 Å². The fraction of sp³-hybridized carbons (Fsp3) is 0.667. The normalized spacial score (nSPS) is 37.7. The molecule has 3 aliphatic rings. The monoisotopic (exact) mass is 314 g/mol. The topological polar surface area (TPSA) is 37.3 Å². The van der Waals surface area contributed by atoms with Crippen LogP contribution in [0.3, 0.4) is 0 Å². The molecule has 0 spiro atoms. The predicted octanol–water partition coefficient (Wildman–Crippen LogP) is 5.09. The molecule has 4 unspecified atom stereocenters. The van der Waals surface area contributed by atoms with Crippen LogP contribution in [0, 0.1) is 23.2 Å². The number of aldehydes is 1. The molecule has 2 nitrogen and oxygen atoms in total. The Balaban J connectivity index is 0.000000753. The lowest BCUT2D eigenvalue weighted by molar-refractivity contribution is -0.115. The highest BCUT2D eigenvalue weighted by Gasteiger charge is 2.54. The summed E-state index contributed by atoms with van der Waals surface area (Å²) in [6.45, 7) is 6.37. The van der Waals surface area contributed by atoms with Gasteiger partial charge in [0.1, 0.15) is 12.0 Å². The van der Waals surface area contributed by atoms with Crippen LogP contribution in [0.15, 0.2) is 18.2 Å². The molecule has 1 aromatic carbocycles. The number of carbonyl (C=O) groups excluding carboxylic acids is 1. The first-order chi connectivity index (χ1) is 11.1. The van der Waals surface area contributed by atoms with Crippen molar-refractivity contribution in [1.82, 2.24) is 0 Å². The van der Waals surface area contributed by atoms with Crippen molar-refractivity contribution >= 4 is 6.29 Å². The predicted molar refractivity (Wildman–Crippen MR) is 93.6 cm³/mol. The van der Waals surface area contributed by atoms with E-state index in [4.69, 9.17) is 0 Å². The zero-order chi connectivity index (χ0) is 16.6. The van der Waals surface area contributed by atoms with E-state index >= 15 is 0 Å². The van der Waals surface area contributed by atoms with E-state index in [0.717, 1.165) is 18.8 Å². The standard InChI is InChI=1S/C19H24O2.C2H6/c1-19-9-8-16-15-6-4-14(21)10-12(15)2-5-17(16)18(19)7-3-13(19)11-20;1-2/h4,6,10-11,13,16-18,21H,2-3,5,7-9H2,1H3;1-2H3/t13?,16?,17?,18?,19-;/m1./s1. The Morgan fingerprint density at radius 1 is 1.17 bits per heavy atom. The first-order valence-electron chi connectivity index (χ1n) is 9.40. The van der Waals surface area contributed by atoms with Gasteiger partial charge >= 0.3 is 0 Å². The minimum Gasteiger partial charge on any atom is -0.508 e. The molecule has 0 saturated heterocycles. The lowest BCUT2D eigenvalue weighted by atomic mass is 9.54. The second-order valence-corrected chi connectivity index (χ2v) is 7.66. The Morgan fingerprint density at radius 3 is 2.70 bits per heavy atom. The molecule has 3 aliphatic carbocycles. The minimum atomic E-state index is 0.247. The van der Waals surface area contributed by atoms with E-state index < -0.39 is 0 Å². The number of aryl methyl sites for hydroxylation is 1. The second kappa shape index (κ2) is 6.30. The molecule has 1 N–H and O–H groups in total. The molecule has 5 atom stereocenters. The molecular weight excluding hydrogens is 284 g/mol. The number of fused-ring (bicyclic) bond motifs is 5. The fourth-order valence-corrected chi connectivity index (χ4v) is 5.83. The van der Waals surface area contributed by atoms with E-state index in [2.05, 4.69) is 13.0 Å². The molecule has 0 amide bonds. The summed E-state index contributed by atoms with van der Waals surface area (Å²) in [6, 6.07) is 5.95. The largest absolute Gasteiger partial charge is 0.508 e. The molecule has 0 radical (unpaired) electrons. The van der Waals surface area contributed by atoms with Crippen LogP contribution in [-0.2, 0) is 11.2 Å². The van der Waals surface area contributed by atoms with Gasteiger partial charge in [-0.25, -0.2) is 0 Å². The van der Waals surface area contributed by atoms with Crippen LogP contribution in [0.25, 0.3) is 0 Å². The molecule has 0 heterocycles. The van der Waals surface area contributed by atoms with Crippen molar-refractivity contribution in [1.29, 1.82) is 0 Å². The summed E-state index contributed by atoms with van der Waals surface area (Å²) in [5.41, 5.74) is 3.07. The van der Waals surface area contributed by atoms with E-state index in [1.807, 2.05) is 26.0 Å². The van der Waals surface area contributed by atoms with Gasteiger partial charge in [0.05, 0.1) is 0 Å². The SMILES string of the molecule is CC.C[C@]12CCC3c4ccc(O)cc4CCC3C1CCC2C=O. The summed E-state index contributed by atoms with van der Waals surface area (Å²) in [4.78, 5) is 11.4. The third-order valence-electron chi connectivity index (χ3n) is 6.95. The summed E-state index contributed by atoms with van der Waals surface area (Å²) < 4.78 is 0. The summed E-state index contributed by atoms with van der Waals surface area (Å²) in [7, 11) is 0. The molecular formula is C21H30O2. The van der Waals surface area contributed by atoms with E-state index in [1.165, 1.54) is 43.1 Å². The number of aromatic hydroxyl groups is 1. The second-order valence-electron chi connectivity index (χ2n) is 7.66. The minimum absolute atomic E-state index is 0.247. The van der Waals surface area contributed by atoms with E-state index in [-0.39, 0.29) is 11.3 Å². The van der Waals surface area contributed by atoms with Gasteiger partial charge in [0, 0.05) is 5.92 Å². The van der Waals surface area contributed by atoms with Gasteiger partial charge in [-0.2, -0.15) is 0 Å². The Kier molecular flexibility index (Phi) is 4.53. The van der Waals surface area contributed by atoms with Crippen molar-refractivity contribution in [3.63, 3.8) is 0 Å². The average Bonchev–Trinajstić information content (AvgIpc) is 2.92. The molecule has 126 valence electrons. The molecule has 23 heavy (non-hydrogen) atoms. The highest BCUT2D eigenvalue weighted by atomic mass is 16.3. The van der Waals surface area contributed by atoms with Crippen LogP contribution >= 0.6 is 0 Å².